The summed E-state index contributed by atoms with van der Waals surface area (Å²) in [5, 5.41) is 2.80. The van der Waals surface area contributed by atoms with Gasteiger partial charge in [-0.25, -0.2) is 0 Å². The molecule has 0 bridgehead atoms. The van der Waals surface area contributed by atoms with Gasteiger partial charge in [0.1, 0.15) is 18.1 Å². The average molecular weight is 345 g/mol. The SMILES string of the molecule is CCOc1ccc(OCCNC(=O)c2ccc(OC)c(OC)c2)cc1. The van der Waals surface area contributed by atoms with E-state index in [9.17, 15) is 4.79 Å². The summed E-state index contributed by atoms with van der Waals surface area (Å²) < 4.78 is 21.3. The second-order valence-electron chi connectivity index (χ2n) is 5.08. The molecule has 0 aliphatic carbocycles. The van der Waals surface area contributed by atoms with E-state index in [4.69, 9.17) is 18.9 Å². The number of hydrogen-bond donors (Lipinski definition) is 1. The van der Waals surface area contributed by atoms with Crippen molar-refractivity contribution in [2.75, 3.05) is 34.0 Å². The van der Waals surface area contributed by atoms with Crippen molar-refractivity contribution in [1.29, 1.82) is 0 Å². The standard InChI is InChI=1S/C19H23NO5/c1-4-24-15-6-8-16(9-7-15)25-12-11-20-19(21)14-5-10-17(22-2)18(13-14)23-3/h5-10,13H,4,11-12H2,1-3H3,(H,20,21). The molecule has 0 aliphatic rings. The van der Waals surface area contributed by atoms with Crippen LogP contribution < -0.4 is 24.3 Å². The smallest absolute Gasteiger partial charge is 0.251 e. The van der Waals surface area contributed by atoms with Gasteiger partial charge in [-0.15, -0.1) is 0 Å². The molecule has 1 amide bonds. The molecular formula is C19H23NO5. The fraction of sp³-hybridized carbons (Fsp3) is 0.316. The van der Waals surface area contributed by atoms with Crippen molar-refractivity contribution in [3.05, 3.63) is 48.0 Å². The van der Waals surface area contributed by atoms with Crippen molar-refractivity contribution in [2.24, 2.45) is 0 Å². The number of ether oxygens (including phenoxy) is 4. The van der Waals surface area contributed by atoms with Crippen LogP contribution in [0.3, 0.4) is 0 Å². The topological polar surface area (TPSA) is 66.0 Å². The molecule has 0 radical (unpaired) electrons. The maximum Gasteiger partial charge on any atom is 0.251 e. The van der Waals surface area contributed by atoms with E-state index in [1.54, 1.807) is 25.3 Å². The van der Waals surface area contributed by atoms with Crippen molar-refractivity contribution >= 4 is 5.91 Å². The van der Waals surface area contributed by atoms with Crippen LogP contribution in [0.1, 0.15) is 17.3 Å². The predicted molar refractivity (Wildman–Crippen MR) is 95.0 cm³/mol. The van der Waals surface area contributed by atoms with Crippen molar-refractivity contribution in [3.8, 4) is 23.0 Å². The predicted octanol–water partition coefficient (Wildman–Crippen LogP) is 2.91. The molecule has 0 fully saturated rings. The Bertz CT molecular complexity index is 685. The molecule has 0 spiro atoms. The highest BCUT2D eigenvalue weighted by Crippen LogP contribution is 2.27. The van der Waals surface area contributed by atoms with Crippen LogP contribution in [-0.4, -0.2) is 39.9 Å². The van der Waals surface area contributed by atoms with Gasteiger partial charge in [-0.1, -0.05) is 0 Å². The molecule has 0 unspecified atom stereocenters. The Labute approximate surface area is 147 Å². The number of amides is 1. The van der Waals surface area contributed by atoms with Gasteiger partial charge in [-0.3, -0.25) is 4.79 Å². The first-order chi connectivity index (χ1) is 12.2. The normalized spacial score (nSPS) is 10.0. The summed E-state index contributed by atoms with van der Waals surface area (Å²) in [7, 11) is 3.08. The Hall–Kier alpha value is -2.89. The third-order valence-corrected chi connectivity index (χ3v) is 3.44. The van der Waals surface area contributed by atoms with Gasteiger partial charge in [0, 0.05) is 5.56 Å². The first-order valence-electron chi connectivity index (χ1n) is 8.03. The number of benzene rings is 2. The summed E-state index contributed by atoms with van der Waals surface area (Å²) in [5.74, 6) is 2.43. The molecule has 0 heterocycles. The Morgan fingerprint density at radius 1 is 0.920 bits per heavy atom. The van der Waals surface area contributed by atoms with Crippen LogP contribution in [0.4, 0.5) is 0 Å². The molecular weight excluding hydrogens is 322 g/mol. The van der Waals surface area contributed by atoms with Crippen LogP contribution in [0.15, 0.2) is 42.5 Å². The van der Waals surface area contributed by atoms with Gasteiger partial charge in [0.2, 0.25) is 0 Å². The van der Waals surface area contributed by atoms with Crippen LogP contribution in [0.2, 0.25) is 0 Å². The molecule has 0 aliphatic heterocycles. The second-order valence-corrected chi connectivity index (χ2v) is 5.08. The summed E-state index contributed by atoms with van der Waals surface area (Å²) in [4.78, 5) is 12.2. The van der Waals surface area contributed by atoms with Gasteiger partial charge >= 0.3 is 0 Å². The van der Waals surface area contributed by atoms with Crippen LogP contribution in [0, 0.1) is 0 Å². The first-order valence-corrected chi connectivity index (χ1v) is 8.03. The molecule has 6 nitrogen and oxygen atoms in total. The van der Waals surface area contributed by atoms with E-state index in [-0.39, 0.29) is 5.91 Å². The third kappa shape index (κ3) is 5.31. The minimum atomic E-state index is -0.198. The van der Waals surface area contributed by atoms with E-state index in [1.807, 2.05) is 31.2 Å². The maximum absolute atomic E-state index is 12.2. The zero-order valence-electron chi connectivity index (χ0n) is 14.7. The van der Waals surface area contributed by atoms with E-state index >= 15 is 0 Å². The molecule has 0 saturated heterocycles. The summed E-state index contributed by atoms with van der Waals surface area (Å²) in [6.07, 6.45) is 0. The highest BCUT2D eigenvalue weighted by molar-refractivity contribution is 5.94. The first kappa shape index (κ1) is 18.4. The van der Waals surface area contributed by atoms with Crippen LogP contribution in [0.25, 0.3) is 0 Å². The van der Waals surface area contributed by atoms with Gasteiger partial charge in [-0.2, -0.15) is 0 Å². The average Bonchev–Trinajstić information content (AvgIpc) is 2.66. The molecule has 6 heteroatoms. The van der Waals surface area contributed by atoms with Crippen molar-refractivity contribution in [2.45, 2.75) is 6.92 Å². The summed E-state index contributed by atoms with van der Waals surface area (Å²) in [6.45, 7) is 3.32. The number of carbonyl (C=O) groups is 1. The van der Waals surface area contributed by atoms with E-state index in [0.717, 1.165) is 11.5 Å². The van der Waals surface area contributed by atoms with Gasteiger partial charge in [0.15, 0.2) is 11.5 Å². The summed E-state index contributed by atoms with van der Waals surface area (Å²) in [5.41, 5.74) is 0.499. The van der Waals surface area contributed by atoms with E-state index in [2.05, 4.69) is 5.32 Å². The Morgan fingerprint density at radius 3 is 2.16 bits per heavy atom. The zero-order valence-corrected chi connectivity index (χ0v) is 14.7. The fourth-order valence-electron chi connectivity index (χ4n) is 2.21. The maximum atomic E-state index is 12.2. The lowest BCUT2D eigenvalue weighted by molar-refractivity contribution is 0.0946. The van der Waals surface area contributed by atoms with E-state index in [1.165, 1.54) is 7.11 Å². The summed E-state index contributed by atoms with van der Waals surface area (Å²) in [6, 6.07) is 12.4. The van der Waals surface area contributed by atoms with E-state index < -0.39 is 0 Å². The Morgan fingerprint density at radius 2 is 1.56 bits per heavy atom. The van der Waals surface area contributed by atoms with Gasteiger partial charge < -0.3 is 24.3 Å². The molecule has 2 rings (SSSR count). The minimum Gasteiger partial charge on any atom is -0.494 e. The second kappa shape index (κ2) is 9.42. The molecule has 0 saturated carbocycles. The quantitative estimate of drug-likeness (QED) is 0.708. The van der Waals surface area contributed by atoms with Crippen LogP contribution in [-0.2, 0) is 0 Å². The number of hydrogen-bond acceptors (Lipinski definition) is 5. The molecule has 0 atom stereocenters. The number of carbonyl (C=O) groups excluding carboxylic acids is 1. The molecule has 2 aromatic rings. The number of methoxy groups -OCH3 is 2. The Kier molecular flexibility index (Phi) is 6.95. The third-order valence-electron chi connectivity index (χ3n) is 3.44. The van der Waals surface area contributed by atoms with Gasteiger partial charge in [0.25, 0.3) is 5.91 Å². The Balaban J connectivity index is 1.80. The fourth-order valence-corrected chi connectivity index (χ4v) is 2.21. The highest BCUT2D eigenvalue weighted by Gasteiger charge is 2.10. The lowest BCUT2D eigenvalue weighted by atomic mass is 10.2. The van der Waals surface area contributed by atoms with Gasteiger partial charge in [0.05, 0.1) is 27.4 Å². The molecule has 0 aromatic heterocycles. The van der Waals surface area contributed by atoms with Crippen molar-refractivity contribution in [1.82, 2.24) is 5.32 Å². The lowest BCUT2D eigenvalue weighted by Gasteiger charge is -2.11. The molecule has 1 N–H and O–H groups in total. The van der Waals surface area contributed by atoms with Crippen molar-refractivity contribution in [3.63, 3.8) is 0 Å². The largest absolute Gasteiger partial charge is 0.494 e. The number of nitrogens with one attached hydrogen (secondary N) is 1. The summed E-state index contributed by atoms with van der Waals surface area (Å²) >= 11 is 0. The zero-order chi connectivity index (χ0) is 18.1. The van der Waals surface area contributed by atoms with E-state index in [0.29, 0.717) is 36.8 Å². The molecule has 25 heavy (non-hydrogen) atoms. The minimum absolute atomic E-state index is 0.198. The molecule has 134 valence electrons. The van der Waals surface area contributed by atoms with Gasteiger partial charge in [-0.05, 0) is 49.4 Å². The monoisotopic (exact) mass is 345 g/mol. The highest BCUT2D eigenvalue weighted by atomic mass is 16.5. The van der Waals surface area contributed by atoms with Crippen LogP contribution >= 0.6 is 0 Å². The lowest BCUT2D eigenvalue weighted by Crippen LogP contribution is -2.28. The van der Waals surface area contributed by atoms with Crippen molar-refractivity contribution < 1.29 is 23.7 Å². The molecule has 2 aromatic carbocycles. The van der Waals surface area contributed by atoms with Crippen LogP contribution in [0.5, 0.6) is 23.0 Å². The number of rotatable bonds is 9.